The second kappa shape index (κ2) is 12.0. The van der Waals surface area contributed by atoms with Crippen LogP contribution in [0.1, 0.15) is 49.7 Å². The molecule has 5 aliphatic rings. The third kappa shape index (κ3) is 4.95. The van der Waals surface area contributed by atoms with Crippen LogP contribution in [0.3, 0.4) is 0 Å². The molecule has 2 heterocycles. The van der Waals surface area contributed by atoms with Gasteiger partial charge in [-0.1, -0.05) is 42.0 Å². The first-order valence-corrected chi connectivity index (χ1v) is 17.3. The number of imide groups is 1. The summed E-state index contributed by atoms with van der Waals surface area (Å²) in [5, 5.41) is 10.7. The zero-order valence-corrected chi connectivity index (χ0v) is 28.8. The number of allylic oxidation sites excluding steroid dienone is 6. The van der Waals surface area contributed by atoms with Crippen LogP contribution in [-0.2, 0) is 25.7 Å². The maximum absolute atomic E-state index is 14.4. The number of hydrogen-bond acceptors (Lipinski definition) is 7. The minimum atomic E-state index is -0.658. The summed E-state index contributed by atoms with van der Waals surface area (Å²) in [7, 11) is 1.45. The van der Waals surface area contributed by atoms with Crippen molar-refractivity contribution in [1.29, 1.82) is 0 Å². The number of rotatable bonds is 5. The highest BCUT2D eigenvalue weighted by atomic mass is 79.9. The van der Waals surface area contributed by atoms with Gasteiger partial charge in [-0.05, 0) is 93.7 Å². The Bertz CT molecular complexity index is 1770. The Labute approximate surface area is 284 Å². The number of methoxy groups -OCH3 is 1. The summed E-state index contributed by atoms with van der Waals surface area (Å²) in [5.74, 6) is -2.82. The molecule has 2 aromatic rings. The number of benzene rings is 2. The molecule has 8 nitrogen and oxygen atoms in total. The first-order valence-electron chi connectivity index (χ1n) is 15.7. The molecular formula is C36H34Br2N2O6. The van der Waals surface area contributed by atoms with Gasteiger partial charge in [0.05, 0.1) is 23.4 Å². The van der Waals surface area contributed by atoms with E-state index in [1.807, 2.05) is 24.3 Å². The molecule has 0 saturated carbocycles. The molecule has 0 bridgehead atoms. The number of carbonyl (C=O) groups is 4. The number of halogens is 2. The van der Waals surface area contributed by atoms with E-state index < -0.39 is 23.7 Å². The van der Waals surface area contributed by atoms with Crippen molar-refractivity contribution in [3.05, 3.63) is 90.9 Å². The topological polar surface area (TPSA) is 104 Å². The minimum absolute atomic E-state index is 0.0961. The van der Waals surface area contributed by atoms with E-state index in [1.165, 1.54) is 18.7 Å². The minimum Gasteiger partial charge on any atom is -0.503 e. The summed E-state index contributed by atoms with van der Waals surface area (Å²) in [6, 6.07) is 11.8. The van der Waals surface area contributed by atoms with Crippen LogP contribution in [0.25, 0.3) is 0 Å². The Morgan fingerprint density at radius 2 is 1.70 bits per heavy atom. The van der Waals surface area contributed by atoms with Crippen LogP contribution < -0.4 is 4.74 Å². The molecule has 0 radical (unpaired) electrons. The number of hydrogen-bond donors (Lipinski definition) is 1. The summed E-state index contributed by atoms with van der Waals surface area (Å²) < 4.78 is 6.35. The molecular weight excluding hydrogens is 716 g/mol. The predicted octanol–water partition coefficient (Wildman–Crippen LogP) is 6.02. The van der Waals surface area contributed by atoms with Gasteiger partial charge in [-0.2, -0.15) is 0 Å². The number of phenols is 1. The Balaban J connectivity index is 1.23. The number of phenolic OH excluding ortho intramolecular Hbond substituents is 1. The average Bonchev–Trinajstić information content (AvgIpc) is 3.32. The van der Waals surface area contributed by atoms with E-state index >= 15 is 0 Å². The standard InChI is InChI=1S/C36H34Br2N2O6/c1-18-14-26(41)30-25(33(18)42)15-23-21(28(30)24-16-27(46-2)34(43)32(38)31(24)37)8-9-22-29(23)36(45)40(35(22)44)20-10-12-39(13-11-20)17-19-6-4-3-5-7-19/h3-8,14,16,20,22-23,28-29,43H,9-13,15,17H2,1-2H3/t22-,23+,28+,29-/m0/s1. The van der Waals surface area contributed by atoms with Gasteiger partial charge in [-0.3, -0.25) is 29.0 Å². The third-order valence-electron chi connectivity index (χ3n) is 10.5. The zero-order valence-electron chi connectivity index (χ0n) is 25.6. The summed E-state index contributed by atoms with van der Waals surface area (Å²) >= 11 is 7.07. The number of nitrogens with zero attached hydrogens (tertiary/aromatic N) is 2. The van der Waals surface area contributed by atoms with Crippen LogP contribution >= 0.6 is 31.9 Å². The van der Waals surface area contributed by atoms with E-state index in [0.29, 0.717) is 37.6 Å². The van der Waals surface area contributed by atoms with Crippen LogP contribution in [0.5, 0.6) is 11.5 Å². The van der Waals surface area contributed by atoms with E-state index in [0.717, 1.165) is 38.0 Å². The number of ether oxygens (including phenoxy) is 1. The molecule has 238 valence electrons. The molecule has 2 fully saturated rings. The maximum atomic E-state index is 14.4. The van der Waals surface area contributed by atoms with Crippen molar-refractivity contribution in [1.82, 2.24) is 9.80 Å². The number of ketones is 2. The lowest BCUT2D eigenvalue weighted by Crippen LogP contribution is -2.47. The van der Waals surface area contributed by atoms with Crippen LogP contribution in [0.15, 0.2) is 79.8 Å². The molecule has 0 aromatic heterocycles. The number of aromatic hydroxyl groups is 1. The number of piperidine rings is 1. The molecule has 10 heteroatoms. The normalized spacial score (nSPS) is 26.9. The van der Waals surface area contributed by atoms with E-state index in [9.17, 15) is 24.3 Å². The fourth-order valence-electron chi connectivity index (χ4n) is 8.28. The highest BCUT2D eigenvalue weighted by molar-refractivity contribution is 9.13. The van der Waals surface area contributed by atoms with Gasteiger partial charge in [0.1, 0.15) is 0 Å². The van der Waals surface area contributed by atoms with Crippen molar-refractivity contribution in [2.45, 2.75) is 51.1 Å². The number of fused-ring (bicyclic) bond motifs is 3. The summed E-state index contributed by atoms with van der Waals surface area (Å²) in [4.78, 5) is 59.6. The SMILES string of the molecule is COc1cc([C@H]2C3=CC[C@@H]4C(=O)N(C5CCN(Cc6ccccc6)CC5)C(=O)[C@@H]4[C@@H]3CC3=C2C(=O)C=C(C)C3=O)c(Br)c(Br)c1O. The predicted molar refractivity (Wildman–Crippen MR) is 178 cm³/mol. The summed E-state index contributed by atoms with van der Waals surface area (Å²) in [6.07, 6.45) is 5.45. The van der Waals surface area contributed by atoms with Crippen LogP contribution in [0.4, 0.5) is 0 Å². The molecule has 0 spiro atoms. The number of carbonyl (C=O) groups excluding carboxylic acids is 4. The van der Waals surface area contributed by atoms with Gasteiger partial charge in [-0.25, -0.2) is 0 Å². The van der Waals surface area contributed by atoms with Gasteiger partial charge >= 0.3 is 0 Å². The smallest absolute Gasteiger partial charge is 0.233 e. The lowest BCUT2D eigenvalue weighted by molar-refractivity contribution is -0.144. The fourth-order valence-corrected chi connectivity index (χ4v) is 9.23. The van der Waals surface area contributed by atoms with Crippen LogP contribution in [-0.4, -0.2) is 64.5 Å². The second-order valence-corrected chi connectivity index (χ2v) is 14.5. The number of Topliss-reactive ketones (excluding diaryl/α,β-unsaturated/α-hetero) is 1. The Hall–Kier alpha value is -3.34. The summed E-state index contributed by atoms with van der Waals surface area (Å²) in [5.41, 5.74) is 3.89. The monoisotopic (exact) mass is 748 g/mol. The molecule has 7 rings (SSSR count). The van der Waals surface area contributed by atoms with Crippen molar-refractivity contribution in [2.24, 2.45) is 17.8 Å². The Morgan fingerprint density at radius 1 is 0.978 bits per heavy atom. The van der Waals surface area contributed by atoms with Gasteiger partial charge in [-0.15, -0.1) is 0 Å². The fraction of sp³-hybridized carbons (Fsp3) is 0.389. The highest BCUT2D eigenvalue weighted by Gasteiger charge is 2.57. The third-order valence-corrected chi connectivity index (χ3v) is 12.6. The molecule has 0 unspecified atom stereocenters. The second-order valence-electron chi connectivity index (χ2n) is 12.9. The number of amides is 2. The lowest BCUT2D eigenvalue weighted by atomic mass is 9.59. The van der Waals surface area contributed by atoms with Gasteiger partial charge < -0.3 is 9.84 Å². The molecule has 2 aliphatic heterocycles. The molecule has 1 N–H and O–H groups in total. The van der Waals surface area contributed by atoms with E-state index in [2.05, 4.69) is 48.9 Å². The van der Waals surface area contributed by atoms with Gasteiger partial charge in [0, 0.05) is 52.8 Å². The Morgan fingerprint density at radius 3 is 2.39 bits per heavy atom. The first-order chi connectivity index (χ1) is 22.1. The highest BCUT2D eigenvalue weighted by Crippen LogP contribution is 2.57. The van der Waals surface area contributed by atoms with Crippen molar-refractivity contribution in [2.75, 3.05) is 20.2 Å². The van der Waals surface area contributed by atoms with E-state index in [1.54, 1.807) is 17.9 Å². The largest absolute Gasteiger partial charge is 0.503 e. The van der Waals surface area contributed by atoms with Crippen molar-refractivity contribution in [3.63, 3.8) is 0 Å². The van der Waals surface area contributed by atoms with Crippen molar-refractivity contribution in [3.8, 4) is 11.5 Å². The van der Waals surface area contributed by atoms with Crippen molar-refractivity contribution < 1.29 is 29.0 Å². The van der Waals surface area contributed by atoms with Crippen LogP contribution in [0.2, 0.25) is 0 Å². The zero-order chi connectivity index (χ0) is 32.4. The Kier molecular flexibility index (Phi) is 8.18. The number of likely N-dealkylation sites (tertiary alicyclic amines) is 2. The molecule has 2 amide bonds. The van der Waals surface area contributed by atoms with Gasteiger partial charge in [0.15, 0.2) is 23.1 Å². The van der Waals surface area contributed by atoms with Crippen molar-refractivity contribution >= 4 is 55.2 Å². The van der Waals surface area contributed by atoms with Crippen LogP contribution in [0, 0.1) is 17.8 Å². The molecule has 3 aliphatic carbocycles. The molecule has 2 saturated heterocycles. The van der Waals surface area contributed by atoms with Gasteiger partial charge in [0.2, 0.25) is 11.8 Å². The van der Waals surface area contributed by atoms with Gasteiger partial charge in [0.25, 0.3) is 0 Å². The average molecular weight is 750 g/mol. The lowest BCUT2D eigenvalue weighted by Gasteiger charge is -2.42. The van der Waals surface area contributed by atoms with E-state index in [-0.39, 0.29) is 47.3 Å². The molecule has 2 aromatic carbocycles. The first kappa shape index (κ1) is 31.3. The maximum Gasteiger partial charge on any atom is 0.233 e. The quantitative estimate of drug-likeness (QED) is 0.227. The molecule has 46 heavy (non-hydrogen) atoms. The van der Waals surface area contributed by atoms with E-state index in [4.69, 9.17) is 4.74 Å². The summed E-state index contributed by atoms with van der Waals surface area (Å²) in [6.45, 7) is 4.07. The molecule has 4 atom stereocenters.